The quantitative estimate of drug-likeness (QED) is 0.634. The molecule has 1 N–H and O–H groups in total. The number of nitrogens with zero attached hydrogens (tertiary/aromatic N) is 1. The van der Waals surface area contributed by atoms with Gasteiger partial charge >= 0.3 is 0 Å². The second kappa shape index (κ2) is 7.94. The number of hydrogen-bond donors (Lipinski definition) is 1. The number of fused-ring (bicyclic) bond motifs is 1. The van der Waals surface area contributed by atoms with Gasteiger partial charge in [0, 0.05) is 39.3 Å². The Bertz CT molecular complexity index is 1010. The first kappa shape index (κ1) is 19.0. The number of rotatable bonds is 3. The number of aliphatic imine (C=N–C) groups is 1. The Morgan fingerprint density at radius 3 is 2.82 bits per heavy atom. The third-order valence-electron chi connectivity index (χ3n) is 5.25. The van der Waals surface area contributed by atoms with Crippen LogP contribution in [-0.4, -0.2) is 11.6 Å². The molecule has 5 heteroatoms. The van der Waals surface area contributed by atoms with E-state index in [1.54, 1.807) is 12.1 Å². The molecule has 28 heavy (non-hydrogen) atoms. The van der Waals surface area contributed by atoms with Crippen LogP contribution in [0, 0.1) is 11.8 Å². The van der Waals surface area contributed by atoms with Crippen molar-refractivity contribution in [1.29, 1.82) is 0 Å². The highest BCUT2D eigenvalue weighted by Gasteiger charge is 2.27. The van der Waals surface area contributed by atoms with E-state index in [9.17, 15) is 4.79 Å². The molecular weight excluding hydrogens is 391 g/mol. The van der Waals surface area contributed by atoms with E-state index < -0.39 is 0 Å². The predicted molar refractivity (Wildman–Crippen MR) is 117 cm³/mol. The Balaban J connectivity index is 1.63. The van der Waals surface area contributed by atoms with Gasteiger partial charge in [0.25, 0.3) is 5.91 Å². The van der Waals surface area contributed by atoms with Crippen LogP contribution in [0.3, 0.4) is 0 Å². The largest absolute Gasteiger partial charge is 0.322 e. The van der Waals surface area contributed by atoms with Crippen molar-refractivity contribution in [3.8, 4) is 0 Å². The molecule has 2 aliphatic carbocycles. The number of allylic oxidation sites excluding steroid dienone is 7. The Hall–Kier alpha value is -2.36. The number of hydrogen-bond acceptors (Lipinski definition) is 2. The SMILES string of the molecule is CC1=C(C(=O)Nc2ccc(Cl)c(C3=NC=CC4C=CC=CC34)c2)C(Cl)=CCC1. The number of nitrogens with one attached hydrogen (secondary N) is 1. The molecule has 4 rings (SSSR count). The molecule has 2 unspecified atom stereocenters. The monoisotopic (exact) mass is 410 g/mol. The summed E-state index contributed by atoms with van der Waals surface area (Å²) in [5.41, 5.74) is 3.96. The maximum Gasteiger partial charge on any atom is 0.257 e. The lowest BCUT2D eigenvalue weighted by Gasteiger charge is -2.26. The van der Waals surface area contributed by atoms with Crippen molar-refractivity contribution in [3.63, 3.8) is 0 Å². The normalized spacial score (nSPS) is 23.2. The van der Waals surface area contributed by atoms with Gasteiger partial charge in [0.05, 0.1) is 11.3 Å². The van der Waals surface area contributed by atoms with E-state index in [-0.39, 0.29) is 17.7 Å². The van der Waals surface area contributed by atoms with E-state index >= 15 is 0 Å². The zero-order valence-electron chi connectivity index (χ0n) is 15.5. The molecule has 0 saturated carbocycles. The van der Waals surface area contributed by atoms with Gasteiger partial charge in [-0.2, -0.15) is 0 Å². The minimum absolute atomic E-state index is 0.138. The number of amides is 1. The van der Waals surface area contributed by atoms with E-state index in [0.717, 1.165) is 29.7 Å². The first-order valence-electron chi connectivity index (χ1n) is 9.31. The second-order valence-electron chi connectivity index (χ2n) is 7.12. The van der Waals surface area contributed by atoms with Gasteiger partial charge in [-0.1, -0.05) is 65.2 Å². The summed E-state index contributed by atoms with van der Waals surface area (Å²) in [6.45, 7) is 1.95. The van der Waals surface area contributed by atoms with Gasteiger partial charge in [-0.25, -0.2) is 0 Å². The van der Waals surface area contributed by atoms with Crippen molar-refractivity contribution in [2.45, 2.75) is 19.8 Å². The highest BCUT2D eigenvalue weighted by Crippen LogP contribution is 2.33. The van der Waals surface area contributed by atoms with Crippen molar-refractivity contribution in [3.05, 3.63) is 87.6 Å². The molecule has 0 radical (unpaired) electrons. The number of carbonyl (C=O) groups excluding carboxylic acids is 1. The van der Waals surface area contributed by atoms with E-state index in [2.05, 4.69) is 28.5 Å². The summed E-state index contributed by atoms with van der Waals surface area (Å²) in [6, 6.07) is 5.48. The van der Waals surface area contributed by atoms with Crippen LogP contribution in [0.25, 0.3) is 0 Å². The number of benzene rings is 1. The van der Waals surface area contributed by atoms with Gasteiger partial charge in [-0.15, -0.1) is 0 Å². The van der Waals surface area contributed by atoms with Crippen LogP contribution in [0.5, 0.6) is 0 Å². The molecule has 1 amide bonds. The Kier molecular flexibility index (Phi) is 5.38. The third kappa shape index (κ3) is 3.65. The van der Waals surface area contributed by atoms with Crippen LogP contribution in [-0.2, 0) is 4.79 Å². The zero-order valence-corrected chi connectivity index (χ0v) is 17.0. The lowest BCUT2D eigenvalue weighted by molar-refractivity contribution is -0.112. The minimum atomic E-state index is -0.199. The van der Waals surface area contributed by atoms with Gasteiger partial charge in [0.15, 0.2) is 0 Å². The lowest BCUT2D eigenvalue weighted by atomic mass is 9.81. The molecule has 0 fully saturated rings. The predicted octanol–water partition coefficient (Wildman–Crippen LogP) is 6.19. The highest BCUT2D eigenvalue weighted by atomic mass is 35.5. The van der Waals surface area contributed by atoms with Crippen LogP contribution in [0.15, 0.2) is 82.0 Å². The third-order valence-corrected chi connectivity index (χ3v) is 5.92. The average Bonchev–Trinajstić information content (AvgIpc) is 2.69. The average molecular weight is 411 g/mol. The van der Waals surface area contributed by atoms with E-state index in [1.807, 2.05) is 37.4 Å². The molecule has 1 heterocycles. The number of halogens is 2. The highest BCUT2D eigenvalue weighted by molar-refractivity contribution is 6.36. The summed E-state index contributed by atoms with van der Waals surface area (Å²) in [7, 11) is 0. The molecular formula is C23H20Cl2N2O. The topological polar surface area (TPSA) is 41.5 Å². The van der Waals surface area contributed by atoms with Crippen LogP contribution in [0.1, 0.15) is 25.3 Å². The molecule has 0 bridgehead atoms. The maximum atomic E-state index is 12.8. The van der Waals surface area contributed by atoms with Gasteiger partial charge in [-0.05, 0) is 38.0 Å². The van der Waals surface area contributed by atoms with Gasteiger partial charge in [-0.3, -0.25) is 9.79 Å². The van der Waals surface area contributed by atoms with Crippen LogP contribution in [0.4, 0.5) is 5.69 Å². The van der Waals surface area contributed by atoms with Gasteiger partial charge < -0.3 is 5.32 Å². The molecule has 1 aliphatic heterocycles. The van der Waals surface area contributed by atoms with Crippen molar-refractivity contribution in [2.24, 2.45) is 16.8 Å². The van der Waals surface area contributed by atoms with Crippen molar-refractivity contribution in [2.75, 3.05) is 5.32 Å². The summed E-state index contributed by atoms with van der Waals surface area (Å²) >= 11 is 12.8. The molecule has 0 aromatic heterocycles. The molecule has 0 spiro atoms. The summed E-state index contributed by atoms with van der Waals surface area (Å²) in [5.74, 6) is 0.209. The smallest absolute Gasteiger partial charge is 0.257 e. The molecule has 3 aliphatic rings. The molecule has 2 atom stereocenters. The van der Waals surface area contributed by atoms with E-state index in [1.165, 1.54) is 0 Å². The summed E-state index contributed by atoms with van der Waals surface area (Å²) < 4.78 is 0. The van der Waals surface area contributed by atoms with Crippen LogP contribution in [0.2, 0.25) is 5.02 Å². The Morgan fingerprint density at radius 2 is 2.00 bits per heavy atom. The number of anilines is 1. The molecule has 1 aromatic rings. The molecule has 1 aromatic carbocycles. The van der Waals surface area contributed by atoms with E-state index in [4.69, 9.17) is 23.2 Å². The second-order valence-corrected chi connectivity index (χ2v) is 7.94. The first-order chi connectivity index (χ1) is 13.5. The standard InChI is InChI=1S/C23H20Cl2N2O/c1-14-5-4-8-20(25)21(14)23(28)27-16-9-10-19(24)18(13-16)22-17-7-3-2-6-15(17)11-12-26-22/h2-3,6-13,15,17H,4-5H2,1H3,(H,27,28). The first-order valence-corrected chi connectivity index (χ1v) is 10.1. The fourth-order valence-corrected chi connectivity index (χ4v) is 4.35. The molecule has 0 saturated heterocycles. The minimum Gasteiger partial charge on any atom is -0.322 e. The summed E-state index contributed by atoms with van der Waals surface area (Å²) in [5, 5.41) is 4.09. The lowest BCUT2D eigenvalue weighted by Crippen LogP contribution is -2.25. The maximum absolute atomic E-state index is 12.8. The van der Waals surface area contributed by atoms with Crippen LogP contribution >= 0.6 is 23.2 Å². The molecule has 3 nitrogen and oxygen atoms in total. The van der Waals surface area contributed by atoms with Gasteiger partial charge in [0.1, 0.15) is 0 Å². The van der Waals surface area contributed by atoms with Crippen LogP contribution < -0.4 is 5.32 Å². The Labute approximate surface area is 174 Å². The van der Waals surface area contributed by atoms with Crippen molar-refractivity contribution < 1.29 is 4.79 Å². The zero-order chi connectivity index (χ0) is 19.7. The molecule has 142 valence electrons. The van der Waals surface area contributed by atoms with Gasteiger partial charge in [0.2, 0.25) is 0 Å². The fraction of sp³-hybridized carbons (Fsp3) is 0.217. The Morgan fingerprint density at radius 1 is 1.18 bits per heavy atom. The summed E-state index contributed by atoms with van der Waals surface area (Å²) in [4.78, 5) is 17.4. The fourth-order valence-electron chi connectivity index (χ4n) is 3.78. The number of carbonyl (C=O) groups is 1. The van der Waals surface area contributed by atoms with Crippen molar-refractivity contribution in [1.82, 2.24) is 0 Å². The summed E-state index contributed by atoms with van der Waals surface area (Å²) in [6.07, 6.45) is 15.9. The van der Waals surface area contributed by atoms with E-state index in [0.29, 0.717) is 21.3 Å². The van der Waals surface area contributed by atoms with Crippen molar-refractivity contribution >= 4 is 40.5 Å².